The summed E-state index contributed by atoms with van der Waals surface area (Å²) in [6, 6.07) is 19.8. The van der Waals surface area contributed by atoms with Gasteiger partial charge in [0.05, 0.1) is 29.3 Å². The van der Waals surface area contributed by atoms with Crippen LogP contribution in [0.4, 0.5) is 0 Å². The molecule has 3 nitrogen and oxygen atoms in total. The lowest BCUT2D eigenvalue weighted by atomic mass is 9.89. The molecule has 0 aliphatic carbocycles. The molecule has 0 radical (unpaired) electrons. The Morgan fingerprint density at radius 1 is 0.952 bits per heavy atom. The zero-order chi connectivity index (χ0) is 14.7. The van der Waals surface area contributed by atoms with Crippen molar-refractivity contribution in [1.29, 1.82) is 10.5 Å². The van der Waals surface area contributed by atoms with E-state index in [2.05, 4.69) is 17.1 Å². The number of fused-ring (bicyclic) bond motifs is 1. The van der Waals surface area contributed by atoms with Gasteiger partial charge in [-0.2, -0.15) is 10.5 Å². The van der Waals surface area contributed by atoms with Crippen LogP contribution in [0.2, 0.25) is 0 Å². The number of pyridine rings is 1. The molecule has 3 aromatic rings. The molecule has 1 aromatic carbocycles. The molecule has 4 heteroatoms. The smallest absolute Gasteiger partial charge is 0.146 e. The van der Waals surface area contributed by atoms with Gasteiger partial charge in [-0.25, -0.2) is 0 Å². The van der Waals surface area contributed by atoms with Gasteiger partial charge in [0, 0.05) is 10.3 Å². The third-order valence-electron chi connectivity index (χ3n) is 3.40. The number of rotatable bonds is 3. The number of hydrogen-bond acceptors (Lipinski definition) is 4. The predicted octanol–water partition coefficient (Wildman–Crippen LogP) is 4.09. The molecule has 0 N–H and O–H groups in total. The molecule has 0 aliphatic heterocycles. The minimum Gasteiger partial charge on any atom is -0.252 e. The van der Waals surface area contributed by atoms with E-state index in [0.29, 0.717) is 0 Å². The fourth-order valence-electron chi connectivity index (χ4n) is 2.38. The number of nitrogens with zero attached hydrogens (tertiary/aromatic N) is 3. The lowest BCUT2D eigenvalue weighted by Crippen LogP contribution is -2.11. The van der Waals surface area contributed by atoms with Gasteiger partial charge in [0.25, 0.3) is 0 Å². The van der Waals surface area contributed by atoms with Gasteiger partial charge in [-0.05, 0) is 23.6 Å². The Bertz CT molecular complexity index is 826. The summed E-state index contributed by atoms with van der Waals surface area (Å²) in [6.45, 7) is 0. The van der Waals surface area contributed by atoms with Gasteiger partial charge in [0.2, 0.25) is 0 Å². The highest BCUT2D eigenvalue weighted by atomic mass is 32.1. The van der Waals surface area contributed by atoms with Crippen molar-refractivity contribution in [2.45, 2.75) is 5.92 Å². The maximum absolute atomic E-state index is 9.27. The van der Waals surface area contributed by atoms with E-state index >= 15 is 0 Å². The molecule has 0 aliphatic rings. The average Bonchev–Trinajstić information content (AvgIpc) is 3.06. The first-order chi connectivity index (χ1) is 10.3. The third kappa shape index (κ3) is 2.50. The van der Waals surface area contributed by atoms with E-state index in [9.17, 15) is 10.5 Å². The summed E-state index contributed by atoms with van der Waals surface area (Å²) in [6.07, 6.45) is 0. The van der Waals surface area contributed by atoms with Crippen molar-refractivity contribution in [3.63, 3.8) is 0 Å². The maximum atomic E-state index is 9.27. The molecule has 21 heavy (non-hydrogen) atoms. The normalized spacial score (nSPS) is 12.0. The molecule has 0 saturated heterocycles. The summed E-state index contributed by atoms with van der Waals surface area (Å²) in [5, 5.41) is 21.6. The third-order valence-corrected chi connectivity index (χ3v) is 4.36. The lowest BCUT2D eigenvalue weighted by Gasteiger charge is -2.16. The molecule has 0 spiro atoms. The van der Waals surface area contributed by atoms with E-state index in [1.54, 1.807) is 11.3 Å². The monoisotopic (exact) mass is 289 g/mol. The standard InChI is InChI=1S/C17H11N3S/c18-10-13(11-19)17(16-6-3-9-21-16)15-8-7-12-4-1-2-5-14(12)20-15/h1-9,13,17H. The molecule has 3 rings (SSSR count). The topological polar surface area (TPSA) is 60.5 Å². The van der Waals surface area contributed by atoms with Crippen LogP contribution in [0.15, 0.2) is 53.9 Å². The molecular weight excluding hydrogens is 278 g/mol. The van der Waals surface area contributed by atoms with E-state index < -0.39 is 5.92 Å². The van der Waals surface area contributed by atoms with E-state index in [-0.39, 0.29) is 5.92 Å². The van der Waals surface area contributed by atoms with Gasteiger partial charge in [-0.3, -0.25) is 4.98 Å². The molecule has 1 unspecified atom stereocenters. The Balaban J connectivity index is 2.15. The Morgan fingerprint density at radius 2 is 1.76 bits per heavy atom. The van der Waals surface area contributed by atoms with Gasteiger partial charge in [0.1, 0.15) is 5.92 Å². The van der Waals surface area contributed by atoms with Crippen LogP contribution in [0, 0.1) is 28.6 Å². The minimum atomic E-state index is -0.739. The Labute approximate surface area is 126 Å². The van der Waals surface area contributed by atoms with Gasteiger partial charge in [-0.15, -0.1) is 11.3 Å². The number of hydrogen-bond donors (Lipinski definition) is 0. The van der Waals surface area contributed by atoms with Crippen molar-refractivity contribution in [3.05, 3.63) is 64.5 Å². The van der Waals surface area contributed by atoms with Crippen LogP contribution in [0.25, 0.3) is 10.9 Å². The molecule has 2 aromatic heterocycles. The Hall–Kier alpha value is -2.69. The van der Waals surface area contributed by atoms with Crippen LogP contribution in [0.1, 0.15) is 16.5 Å². The first kappa shape index (κ1) is 13.3. The molecule has 1 atom stereocenters. The van der Waals surface area contributed by atoms with Crippen LogP contribution >= 0.6 is 11.3 Å². The summed E-state index contributed by atoms with van der Waals surface area (Å²) >= 11 is 1.55. The first-order valence-corrected chi connectivity index (χ1v) is 7.40. The van der Waals surface area contributed by atoms with Crippen LogP contribution < -0.4 is 0 Å². The molecule has 2 heterocycles. The highest BCUT2D eigenvalue weighted by Gasteiger charge is 2.27. The van der Waals surface area contributed by atoms with E-state index in [1.165, 1.54) is 0 Å². The van der Waals surface area contributed by atoms with Crippen LogP contribution in [0.3, 0.4) is 0 Å². The molecule has 100 valence electrons. The maximum Gasteiger partial charge on any atom is 0.146 e. The molecule has 0 saturated carbocycles. The molecular formula is C17H11N3S. The second-order valence-corrected chi connectivity index (χ2v) is 5.64. The van der Waals surface area contributed by atoms with Gasteiger partial charge in [0.15, 0.2) is 0 Å². The van der Waals surface area contributed by atoms with Crippen molar-refractivity contribution in [3.8, 4) is 12.1 Å². The number of nitriles is 2. The molecule has 0 fully saturated rings. The summed E-state index contributed by atoms with van der Waals surface area (Å²) in [7, 11) is 0. The zero-order valence-electron chi connectivity index (χ0n) is 11.1. The number of para-hydroxylation sites is 1. The highest BCUT2D eigenvalue weighted by Crippen LogP contribution is 2.34. The summed E-state index contributed by atoms with van der Waals surface area (Å²) in [5.41, 5.74) is 1.65. The Morgan fingerprint density at radius 3 is 2.48 bits per heavy atom. The molecule has 0 amide bonds. The van der Waals surface area contributed by atoms with Gasteiger partial charge >= 0.3 is 0 Å². The van der Waals surface area contributed by atoms with Gasteiger partial charge < -0.3 is 0 Å². The van der Waals surface area contributed by atoms with Gasteiger partial charge in [-0.1, -0.05) is 30.3 Å². The second kappa shape index (κ2) is 5.75. The van der Waals surface area contributed by atoms with Crippen molar-refractivity contribution >= 4 is 22.2 Å². The van der Waals surface area contributed by atoms with Crippen molar-refractivity contribution in [2.24, 2.45) is 5.92 Å². The number of benzene rings is 1. The lowest BCUT2D eigenvalue weighted by molar-refractivity contribution is 0.702. The second-order valence-electron chi connectivity index (χ2n) is 4.66. The van der Waals surface area contributed by atoms with E-state index in [1.807, 2.05) is 53.9 Å². The van der Waals surface area contributed by atoms with Crippen LogP contribution in [-0.4, -0.2) is 4.98 Å². The van der Waals surface area contributed by atoms with Crippen molar-refractivity contribution in [2.75, 3.05) is 0 Å². The predicted molar refractivity (Wildman–Crippen MR) is 82.6 cm³/mol. The first-order valence-electron chi connectivity index (χ1n) is 6.52. The zero-order valence-corrected chi connectivity index (χ0v) is 11.9. The van der Waals surface area contributed by atoms with Crippen LogP contribution in [0.5, 0.6) is 0 Å². The highest BCUT2D eigenvalue weighted by molar-refractivity contribution is 7.10. The fourth-order valence-corrected chi connectivity index (χ4v) is 3.26. The van der Waals surface area contributed by atoms with Crippen molar-refractivity contribution < 1.29 is 0 Å². The van der Waals surface area contributed by atoms with E-state index in [4.69, 9.17) is 0 Å². The fraction of sp³-hybridized carbons (Fsp3) is 0.118. The largest absolute Gasteiger partial charge is 0.252 e. The summed E-state index contributed by atoms with van der Waals surface area (Å²) < 4.78 is 0. The molecule has 0 bridgehead atoms. The van der Waals surface area contributed by atoms with E-state index in [0.717, 1.165) is 21.5 Å². The quantitative estimate of drug-likeness (QED) is 0.729. The summed E-state index contributed by atoms with van der Waals surface area (Å²) in [5.74, 6) is -1.04. The van der Waals surface area contributed by atoms with Crippen molar-refractivity contribution in [1.82, 2.24) is 4.98 Å². The van der Waals surface area contributed by atoms with Crippen LogP contribution in [-0.2, 0) is 0 Å². The number of thiophene rings is 1. The SMILES string of the molecule is N#CC(C#N)C(c1ccc2ccccc2n1)c1cccs1. The Kier molecular flexibility index (Phi) is 3.64. The summed E-state index contributed by atoms with van der Waals surface area (Å²) in [4.78, 5) is 5.64. The number of aromatic nitrogens is 1. The average molecular weight is 289 g/mol. The minimum absolute atomic E-state index is 0.301.